The summed E-state index contributed by atoms with van der Waals surface area (Å²) < 4.78 is 6.65. The van der Waals surface area contributed by atoms with Crippen molar-refractivity contribution < 1.29 is 14.3 Å². The predicted molar refractivity (Wildman–Crippen MR) is 183 cm³/mol. The van der Waals surface area contributed by atoms with Gasteiger partial charge in [-0.15, -0.1) is 11.3 Å². The first-order valence-electron chi connectivity index (χ1n) is 17.2. The molecule has 7 nitrogen and oxygen atoms in total. The average molecular weight is 631 g/mol. The van der Waals surface area contributed by atoms with Crippen LogP contribution in [-0.4, -0.2) is 85.7 Å². The number of fused-ring (bicyclic) bond motifs is 1. The van der Waals surface area contributed by atoms with Gasteiger partial charge in [0.05, 0.1) is 4.88 Å². The third-order valence-corrected chi connectivity index (χ3v) is 11.2. The van der Waals surface area contributed by atoms with Crippen molar-refractivity contribution in [3.63, 3.8) is 0 Å². The molecular weight excluding hydrogens is 580 g/mol. The van der Waals surface area contributed by atoms with Crippen LogP contribution in [0.15, 0.2) is 54.6 Å². The number of nitrogens with zero attached hydrogens (tertiary/aromatic N) is 2. The minimum atomic E-state index is -0.848. The average Bonchev–Trinajstić information content (AvgIpc) is 3.71. The Morgan fingerprint density at radius 1 is 0.978 bits per heavy atom. The molecule has 1 atom stereocenters. The molecule has 6 rings (SSSR count). The second kappa shape index (κ2) is 15.2. The van der Waals surface area contributed by atoms with Crippen molar-refractivity contribution in [3.05, 3.63) is 70.6 Å². The zero-order valence-corrected chi connectivity index (χ0v) is 27.7. The highest BCUT2D eigenvalue weighted by atomic mass is 32.1. The van der Waals surface area contributed by atoms with Gasteiger partial charge in [-0.3, -0.25) is 9.59 Å². The van der Waals surface area contributed by atoms with Crippen LogP contribution < -0.4 is 10.6 Å². The Bertz CT molecular complexity index is 1410. The fourth-order valence-electron chi connectivity index (χ4n) is 7.41. The molecule has 1 aromatic heterocycles. The highest BCUT2D eigenvalue weighted by Gasteiger charge is 2.43. The molecular formula is C37H50N4O3S. The van der Waals surface area contributed by atoms with Crippen LogP contribution in [0.5, 0.6) is 0 Å². The number of amides is 2. The maximum absolute atomic E-state index is 14.1. The van der Waals surface area contributed by atoms with Crippen molar-refractivity contribution in [3.8, 4) is 0 Å². The zero-order valence-electron chi connectivity index (χ0n) is 26.9. The Balaban J connectivity index is 1.05. The van der Waals surface area contributed by atoms with E-state index in [4.69, 9.17) is 4.74 Å². The maximum atomic E-state index is 14.1. The summed E-state index contributed by atoms with van der Waals surface area (Å²) in [6, 6.07) is 18.7. The minimum absolute atomic E-state index is 0.0204. The lowest BCUT2D eigenvalue weighted by atomic mass is 9.94. The van der Waals surface area contributed by atoms with Gasteiger partial charge in [-0.05, 0) is 93.0 Å². The highest BCUT2D eigenvalue weighted by Crippen LogP contribution is 2.32. The molecule has 2 amide bonds. The molecule has 1 saturated carbocycles. The molecule has 3 fully saturated rings. The third-order valence-electron chi connectivity index (χ3n) is 10.2. The standard InChI is InChI=1S/C37H50N4O3S/c1-28-11-12-31-26-34(45-33(31)24-28)35(42)39-37(15-5-6-16-37)36(43)38-32(25-29-8-3-2-4-9-29)10-7-17-40-18-20-41(21-19-40)27-30-13-22-44-23-14-30/h2-4,8-9,11-12,24,26,30,32H,5-7,10,13-23,25,27H2,1H3,(H,38,43)(H,39,42)/t32-/m0/s1. The number of hydrogen-bond donors (Lipinski definition) is 2. The number of aryl methyl sites for hydroxylation is 1. The molecule has 2 aliphatic heterocycles. The van der Waals surface area contributed by atoms with E-state index in [9.17, 15) is 9.59 Å². The summed E-state index contributed by atoms with van der Waals surface area (Å²) in [4.78, 5) is 33.5. The molecule has 3 heterocycles. The van der Waals surface area contributed by atoms with E-state index in [1.807, 2.05) is 12.1 Å². The first-order chi connectivity index (χ1) is 22.0. The molecule has 2 aromatic carbocycles. The smallest absolute Gasteiger partial charge is 0.262 e. The molecule has 2 saturated heterocycles. The number of ether oxygens (including phenoxy) is 1. The molecule has 242 valence electrons. The van der Waals surface area contributed by atoms with Crippen LogP contribution in [0.25, 0.3) is 10.1 Å². The largest absolute Gasteiger partial charge is 0.381 e. The van der Waals surface area contributed by atoms with E-state index in [0.717, 1.165) is 94.0 Å². The Kier molecular flexibility index (Phi) is 10.9. The van der Waals surface area contributed by atoms with Gasteiger partial charge in [0, 0.05) is 56.7 Å². The van der Waals surface area contributed by atoms with E-state index >= 15 is 0 Å². The van der Waals surface area contributed by atoms with Crippen molar-refractivity contribution in [2.24, 2.45) is 5.92 Å². The van der Waals surface area contributed by atoms with Crippen LogP contribution in [0.4, 0.5) is 0 Å². The van der Waals surface area contributed by atoms with Crippen LogP contribution in [0.1, 0.15) is 72.2 Å². The fourth-order valence-corrected chi connectivity index (χ4v) is 8.47. The van der Waals surface area contributed by atoms with Gasteiger partial charge in [0.1, 0.15) is 5.54 Å². The molecule has 1 aliphatic carbocycles. The van der Waals surface area contributed by atoms with Gasteiger partial charge in [0.2, 0.25) is 5.91 Å². The molecule has 0 unspecified atom stereocenters. The number of benzene rings is 2. The Hall–Kier alpha value is -2.78. The normalized spacial score (nSPS) is 20.3. The van der Waals surface area contributed by atoms with Crippen molar-refractivity contribution in [2.75, 3.05) is 52.5 Å². The molecule has 45 heavy (non-hydrogen) atoms. The van der Waals surface area contributed by atoms with Gasteiger partial charge in [-0.25, -0.2) is 0 Å². The predicted octanol–water partition coefficient (Wildman–Crippen LogP) is 5.80. The summed E-state index contributed by atoms with van der Waals surface area (Å²) >= 11 is 1.51. The van der Waals surface area contributed by atoms with Gasteiger partial charge >= 0.3 is 0 Å². The lowest BCUT2D eigenvalue weighted by molar-refractivity contribution is -0.128. The first-order valence-corrected chi connectivity index (χ1v) is 18.0. The second-order valence-corrected chi connectivity index (χ2v) is 14.7. The monoisotopic (exact) mass is 630 g/mol. The SMILES string of the molecule is Cc1ccc2cc(C(=O)NC3(C(=O)N[C@@H](CCCN4CCN(CC5CCOCC5)CC4)Cc4ccccc4)CCCC3)sc2c1. The number of carbonyl (C=O) groups is 2. The minimum Gasteiger partial charge on any atom is -0.381 e. The van der Waals surface area contributed by atoms with E-state index in [0.29, 0.717) is 17.7 Å². The van der Waals surface area contributed by atoms with Crippen LogP contribution in [0.3, 0.4) is 0 Å². The lowest BCUT2D eigenvalue weighted by Crippen LogP contribution is -2.59. The maximum Gasteiger partial charge on any atom is 0.262 e. The number of carbonyl (C=O) groups excluding carboxylic acids is 2. The van der Waals surface area contributed by atoms with Gasteiger partial charge in [-0.1, -0.05) is 55.3 Å². The summed E-state index contributed by atoms with van der Waals surface area (Å²) in [6.45, 7) is 10.7. The molecule has 0 radical (unpaired) electrons. The fraction of sp³-hybridized carbons (Fsp3) is 0.568. The number of piperazine rings is 1. The topological polar surface area (TPSA) is 73.9 Å². The van der Waals surface area contributed by atoms with Crippen LogP contribution in [0.2, 0.25) is 0 Å². The van der Waals surface area contributed by atoms with E-state index < -0.39 is 5.54 Å². The van der Waals surface area contributed by atoms with Gasteiger partial charge in [0.15, 0.2) is 0 Å². The Morgan fingerprint density at radius 2 is 1.71 bits per heavy atom. The third kappa shape index (κ3) is 8.53. The van der Waals surface area contributed by atoms with Gasteiger partial charge in [0.25, 0.3) is 5.91 Å². The van der Waals surface area contributed by atoms with Crippen LogP contribution in [-0.2, 0) is 16.0 Å². The van der Waals surface area contributed by atoms with E-state index in [1.54, 1.807) is 0 Å². The molecule has 3 aliphatic rings. The van der Waals surface area contributed by atoms with Crippen molar-refractivity contribution in [1.82, 2.24) is 20.4 Å². The number of nitrogens with one attached hydrogen (secondary N) is 2. The highest BCUT2D eigenvalue weighted by molar-refractivity contribution is 7.20. The molecule has 0 bridgehead atoms. The molecule has 3 aromatic rings. The van der Waals surface area contributed by atoms with Gasteiger partial charge in [-0.2, -0.15) is 0 Å². The summed E-state index contributed by atoms with van der Waals surface area (Å²) in [7, 11) is 0. The summed E-state index contributed by atoms with van der Waals surface area (Å²) in [6.07, 6.45) is 8.42. The number of hydrogen-bond acceptors (Lipinski definition) is 6. The molecule has 2 N–H and O–H groups in total. The van der Waals surface area contributed by atoms with E-state index in [-0.39, 0.29) is 17.9 Å². The summed E-state index contributed by atoms with van der Waals surface area (Å²) in [5.41, 5.74) is 1.56. The van der Waals surface area contributed by atoms with Crippen molar-refractivity contribution in [2.45, 2.75) is 76.3 Å². The number of rotatable bonds is 12. The summed E-state index contributed by atoms with van der Waals surface area (Å²) in [5.74, 6) is 0.629. The molecule has 0 spiro atoms. The second-order valence-electron chi connectivity index (χ2n) is 13.6. The van der Waals surface area contributed by atoms with Crippen LogP contribution >= 0.6 is 11.3 Å². The van der Waals surface area contributed by atoms with Crippen LogP contribution in [0, 0.1) is 12.8 Å². The quantitative estimate of drug-likeness (QED) is 0.265. The summed E-state index contributed by atoms with van der Waals surface area (Å²) in [5, 5.41) is 7.75. The molecule has 8 heteroatoms. The van der Waals surface area contributed by atoms with Crippen molar-refractivity contribution in [1.29, 1.82) is 0 Å². The Morgan fingerprint density at radius 3 is 2.47 bits per heavy atom. The first kappa shape index (κ1) is 32.2. The lowest BCUT2D eigenvalue weighted by Gasteiger charge is -2.37. The van der Waals surface area contributed by atoms with Crippen molar-refractivity contribution >= 4 is 33.2 Å². The zero-order chi connectivity index (χ0) is 31.1. The van der Waals surface area contributed by atoms with Gasteiger partial charge < -0.3 is 25.2 Å². The van der Waals surface area contributed by atoms with E-state index in [2.05, 4.69) is 69.8 Å². The Labute approximate surface area is 272 Å². The number of thiophene rings is 1. The van der Waals surface area contributed by atoms with E-state index in [1.165, 1.54) is 41.9 Å².